The topological polar surface area (TPSA) is 83.0 Å². The van der Waals surface area contributed by atoms with Crippen LogP contribution in [0.1, 0.15) is 5.56 Å². The molecule has 2 N–H and O–H groups in total. The number of anilines is 1. The smallest absolute Gasteiger partial charge is 0.243 e. The number of hydrogen-bond acceptors (Lipinski definition) is 4. The van der Waals surface area contributed by atoms with Crippen LogP contribution in [-0.2, 0) is 16.1 Å². The molecule has 2 aromatic carbocycles. The Morgan fingerprint density at radius 2 is 1.83 bits per heavy atom. The summed E-state index contributed by atoms with van der Waals surface area (Å²) in [7, 11) is 1.57. The first kappa shape index (κ1) is 20.8. The molecular weight excluding hydrogens is 410 g/mol. The van der Waals surface area contributed by atoms with Crippen LogP contribution in [0.25, 0.3) is 11.4 Å². The number of likely N-dealkylation sites (N-methyl/N-ethyl adjacent to an activating group) is 1. The molecule has 3 aromatic rings. The van der Waals surface area contributed by atoms with Gasteiger partial charge in [0, 0.05) is 23.3 Å². The van der Waals surface area contributed by atoms with Crippen LogP contribution in [-0.4, -0.2) is 45.1 Å². The van der Waals surface area contributed by atoms with Gasteiger partial charge in [-0.15, -0.1) is 0 Å². The molecule has 0 atom stereocenters. The molecule has 1 heterocycles. The number of carbonyl (C=O) groups is 2. The first-order chi connectivity index (χ1) is 13.8. The minimum atomic E-state index is -0.279. The molecule has 0 unspecified atom stereocenters. The Kier molecular flexibility index (Phi) is 6.46. The van der Waals surface area contributed by atoms with Gasteiger partial charge in [0.2, 0.25) is 11.8 Å². The average Bonchev–Trinajstić information content (AvgIpc) is 3.04. The lowest BCUT2D eigenvalue weighted by atomic mass is 10.2. The fourth-order valence-electron chi connectivity index (χ4n) is 2.68. The van der Waals surface area contributed by atoms with Gasteiger partial charge in [0.15, 0.2) is 10.6 Å². The molecule has 0 saturated carbocycles. The van der Waals surface area contributed by atoms with E-state index in [-0.39, 0.29) is 24.9 Å². The molecule has 0 radical (unpaired) electrons. The molecule has 0 fully saturated rings. The summed E-state index contributed by atoms with van der Waals surface area (Å²) in [4.78, 5) is 26.2. The maximum Gasteiger partial charge on any atom is 0.243 e. The van der Waals surface area contributed by atoms with Crippen molar-refractivity contribution in [1.82, 2.24) is 19.7 Å². The van der Waals surface area contributed by atoms with Gasteiger partial charge in [-0.3, -0.25) is 19.3 Å². The zero-order chi connectivity index (χ0) is 21.0. The van der Waals surface area contributed by atoms with Crippen molar-refractivity contribution < 1.29 is 9.59 Å². The van der Waals surface area contributed by atoms with E-state index in [4.69, 9.17) is 23.8 Å². The van der Waals surface area contributed by atoms with Gasteiger partial charge in [0.05, 0.1) is 6.54 Å². The number of rotatable bonds is 6. The van der Waals surface area contributed by atoms with Crippen LogP contribution in [0.15, 0.2) is 48.5 Å². The highest BCUT2D eigenvalue weighted by molar-refractivity contribution is 7.71. The number of amides is 2. The summed E-state index contributed by atoms with van der Waals surface area (Å²) in [5.74, 6) is -0.0206. The first-order valence-corrected chi connectivity index (χ1v) is 9.64. The van der Waals surface area contributed by atoms with E-state index in [1.54, 1.807) is 35.9 Å². The predicted molar refractivity (Wildman–Crippen MR) is 115 cm³/mol. The molecule has 1 aromatic heterocycles. The Morgan fingerprint density at radius 1 is 1.17 bits per heavy atom. The number of aryl methyl sites for hydroxylation is 1. The molecule has 0 aliphatic carbocycles. The normalized spacial score (nSPS) is 10.6. The number of carbonyl (C=O) groups excluding carboxylic acids is 2. The third-order valence-corrected chi connectivity index (χ3v) is 4.86. The van der Waals surface area contributed by atoms with Crippen LogP contribution >= 0.6 is 23.8 Å². The molecule has 0 spiro atoms. The van der Waals surface area contributed by atoms with E-state index in [0.717, 1.165) is 11.1 Å². The summed E-state index contributed by atoms with van der Waals surface area (Å²) in [6.45, 7) is 1.85. The molecule has 0 aliphatic rings. The fourth-order valence-corrected chi connectivity index (χ4v) is 3.00. The Balaban J connectivity index is 1.66. The highest BCUT2D eigenvalue weighted by atomic mass is 35.5. The summed E-state index contributed by atoms with van der Waals surface area (Å²) in [6, 6.07) is 14.5. The number of halogens is 1. The van der Waals surface area contributed by atoms with Gasteiger partial charge < -0.3 is 10.2 Å². The van der Waals surface area contributed by atoms with Gasteiger partial charge in [-0.1, -0.05) is 29.3 Å². The van der Waals surface area contributed by atoms with Crippen LogP contribution in [0.4, 0.5) is 5.69 Å². The molecule has 9 heteroatoms. The minimum absolute atomic E-state index is 0.0401. The Bertz CT molecular complexity index is 1070. The standard InChI is InChI=1S/C20H20ClN5O2S/c1-13-3-9-16(10-4-13)22-17(27)11-25(2)18(28)12-26-19(23-24-20(26)29)14-5-7-15(21)8-6-14/h3-10H,11-12H2,1-2H3,(H,22,27)(H,24,29). The third-order valence-electron chi connectivity index (χ3n) is 4.30. The molecule has 29 heavy (non-hydrogen) atoms. The highest BCUT2D eigenvalue weighted by Gasteiger charge is 2.17. The number of nitrogens with zero attached hydrogens (tertiary/aromatic N) is 3. The van der Waals surface area contributed by atoms with Gasteiger partial charge in [0.1, 0.15) is 6.54 Å². The second-order valence-electron chi connectivity index (χ2n) is 6.61. The van der Waals surface area contributed by atoms with Crippen molar-refractivity contribution in [2.75, 3.05) is 18.9 Å². The lowest BCUT2D eigenvalue weighted by molar-refractivity contribution is -0.133. The summed E-state index contributed by atoms with van der Waals surface area (Å²) >= 11 is 11.2. The van der Waals surface area contributed by atoms with E-state index in [9.17, 15) is 9.59 Å². The fraction of sp³-hybridized carbons (Fsp3) is 0.200. The van der Waals surface area contributed by atoms with E-state index in [1.807, 2.05) is 31.2 Å². The number of aromatic amines is 1. The number of benzene rings is 2. The maximum absolute atomic E-state index is 12.6. The van der Waals surface area contributed by atoms with E-state index >= 15 is 0 Å². The SMILES string of the molecule is Cc1ccc(NC(=O)CN(C)C(=O)Cn2c(-c3ccc(Cl)cc3)n[nH]c2=S)cc1. The quantitative estimate of drug-likeness (QED) is 0.586. The van der Waals surface area contributed by atoms with Gasteiger partial charge in [-0.05, 0) is 55.5 Å². The van der Waals surface area contributed by atoms with Crippen molar-refractivity contribution in [3.8, 4) is 11.4 Å². The first-order valence-electron chi connectivity index (χ1n) is 8.85. The van der Waals surface area contributed by atoms with Crippen molar-refractivity contribution in [1.29, 1.82) is 0 Å². The molecule has 0 saturated heterocycles. The van der Waals surface area contributed by atoms with E-state index in [1.165, 1.54) is 4.90 Å². The maximum atomic E-state index is 12.6. The van der Waals surface area contributed by atoms with Gasteiger partial charge in [0.25, 0.3) is 0 Å². The average molecular weight is 430 g/mol. The lowest BCUT2D eigenvalue weighted by Crippen LogP contribution is -2.37. The highest BCUT2D eigenvalue weighted by Crippen LogP contribution is 2.20. The van der Waals surface area contributed by atoms with Crippen LogP contribution in [0, 0.1) is 11.7 Å². The third kappa shape index (κ3) is 5.30. The zero-order valence-corrected chi connectivity index (χ0v) is 17.5. The van der Waals surface area contributed by atoms with Crippen molar-refractivity contribution in [2.24, 2.45) is 0 Å². The molecule has 3 rings (SSSR count). The molecule has 7 nitrogen and oxygen atoms in total. The predicted octanol–water partition coefficient (Wildman–Crippen LogP) is 3.67. The Hall–Kier alpha value is -2.97. The van der Waals surface area contributed by atoms with Gasteiger partial charge >= 0.3 is 0 Å². The second kappa shape index (κ2) is 9.02. The van der Waals surface area contributed by atoms with Crippen molar-refractivity contribution in [2.45, 2.75) is 13.5 Å². The van der Waals surface area contributed by atoms with Crippen molar-refractivity contribution in [3.05, 3.63) is 63.9 Å². The van der Waals surface area contributed by atoms with Gasteiger partial charge in [-0.25, -0.2) is 0 Å². The number of hydrogen-bond donors (Lipinski definition) is 2. The molecular formula is C20H20ClN5O2S. The lowest BCUT2D eigenvalue weighted by Gasteiger charge is -2.17. The van der Waals surface area contributed by atoms with Crippen molar-refractivity contribution in [3.63, 3.8) is 0 Å². The molecule has 2 amide bonds. The monoisotopic (exact) mass is 429 g/mol. The van der Waals surface area contributed by atoms with Crippen LogP contribution < -0.4 is 5.32 Å². The van der Waals surface area contributed by atoms with Crippen LogP contribution in [0.2, 0.25) is 5.02 Å². The Morgan fingerprint density at radius 3 is 2.48 bits per heavy atom. The van der Waals surface area contributed by atoms with E-state index in [0.29, 0.717) is 21.3 Å². The van der Waals surface area contributed by atoms with E-state index in [2.05, 4.69) is 15.5 Å². The van der Waals surface area contributed by atoms with Gasteiger partial charge in [-0.2, -0.15) is 5.10 Å². The zero-order valence-electron chi connectivity index (χ0n) is 16.0. The van der Waals surface area contributed by atoms with Crippen LogP contribution in [0.5, 0.6) is 0 Å². The molecule has 150 valence electrons. The molecule has 0 aliphatic heterocycles. The number of H-pyrrole nitrogens is 1. The Labute approximate surface area is 178 Å². The number of nitrogens with one attached hydrogen (secondary N) is 2. The summed E-state index contributed by atoms with van der Waals surface area (Å²) in [6.07, 6.45) is 0. The summed E-state index contributed by atoms with van der Waals surface area (Å²) in [5.41, 5.74) is 2.56. The number of aromatic nitrogens is 3. The minimum Gasteiger partial charge on any atom is -0.335 e. The van der Waals surface area contributed by atoms with Crippen molar-refractivity contribution >= 4 is 41.3 Å². The van der Waals surface area contributed by atoms with E-state index < -0.39 is 0 Å². The summed E-state index contributed by atoms with van der Waals surface area (Å²) < 4.78 is 1.91. The second-order valence-corrected chi connectivity index (χ2v) is 7.43. The van der Waals surface area contributed by atoms with Crippen LogP contribution in [0.3, 0.4) is 0 Å². The summed E-state index contributed by atoms with van der Waals surface area (Å²) in [5, 5.41) is 10.3. The molecule has 0 bridgehead atoms. The largest absolute Gasteiger partial charge is 0.335 e.